The Morgan fingerprint density at radius 3 is 1.49 bits per heavy atom. The number of carboxylic acid groups (broad SMARTS) is 1. The second-order valence-electron chi connectivity index (χ2n) is 21.8. The quantitative estimate of drug-likeness (QED) is 0.0262. The highest BCUT2D eigenvalue weighted by molar-refractivity contribution is 5.93. The molecule has 0 aromatic rings. The van der Waals surface area contributed by atoms with Crippen LogP contribution in [-0.4, -0.2) is 158 Å². The first kappa shape index (κ1) is 72.2. The van der Waals surface area contributed by atoms with Crippen LogP contribution < -0.4 is 22.5 Å². The van der Waals surface area contributed by atoms with Crippen molar-refractivity contribution in [1.29, 1.82) is 0 Å². The molecule has 21 heteroatoms. The molecule has 1 fully saturated rings. The predicted octanol–water partition coefficient (Wildman–Crippen LogP) is 5.66. The van der Waals surface area contributed by atoms with E-state index in [0.29, 0.717) is 17.7 Å². The lowest BCUT2D eigenvalue weighted by molar-refractivity contribution is -0.265. The van der Waals surface area contributed by atoms with Gasteiger partial charge in [0.25, 0.3) is 0 Å². The summed E-state index contributed by atoms with van der Waals surface area (Å²) in [6, 6.07) is -6.40. The van der Waals surface area contributed by atoms with Gasteiger partial charge in [0.05, 0.1) is 25.4 Å². The molecule has 0 aliphatic carbocycles. The van der Waals surface area contributed by atoms with E-state index in [0.717, 1.165) is 78.6 Å². The van der Waals surface area contributed by atoms with E-state index >= 15 is 0 Å². The SMILES string of the molecule is CCCCCCCCCCCCCCCC(=O)OC([C@H](CO)OC(=O)CCCCCCCCCCCCCCC)[C@@](C)(N)C(=O)N[C@H](CCC(=O)N(C(C(C)=O)C(C)O[C@@H]1[C@@H](N)[C@@H](O)O[C@H](CO)[C@H]1O)[C@@H](C)C(=O)O)C(N)=O. The van der Waals surface area contributed by atoms with E-state index in [1.807, 2.05) is 0 Å². The Labute approximate surface area is 465 Å². The first-order chi connectivity index (χ1) is 37.1. The summed E-state index contributed by atoms with van der Waals surface area (Å²) in [7, 11) is 0. The van der Waals surface area contributed by atoms with E-state index in [1.165, 1.54) is 103 Å². The summed E-state index contributed by atoms with van der Waals surface area (Å²) in [5.41, 5.74) is 16.1. The molecule has 3 amide bonds. The lowest BCUT2D eigenvalue weighted by Crippen LogP contribution is -2.66. The van der Waals surface area contributed by atoms with E-state index in [-0.39, 0.29) is 12.8 Å². The lowest BCUT2D eigenvalue weighted by Gasteiger charge is -2.44. The number of hydrogen-bond acceptors (Lipinski definition) is 17. The van der Waals surface area contributed by atoms with Gasteiger partial charge in [-0.25, -0.2) is 4.79 Å². The number of carbonyl (C=O) groups is 7. The van der Waals surface area contributed by atoms with Gasteiger partial charge in [0, 0.05) is 19.3 Å². The van der Waals surface area contributed by atoms with Crippen molar-refractivity contribution >= 4 is 41.4 Å². The maximum Gasteiger partial charge on any atom is 0.326 e. The van der Waals surface area contributed by atoms with Crippen LogP contribution in [0.1, 0.15) is 234 Å². The number of unbranched alkanes of at least 4 members (excludes halogenated alkanes) is 24. The molecule has 0 saturated carbocycles. The molecule has 1 aliphatic rings. The molecule has 12 atom stereocenters. The molecule has 0 spiro atoms. The van der Waals surface area contributed by atoms with E-state index < -0.39 is 140 Å². The number of ether oxygens (including phenoxy) is 4. The summed E-state index contributed by atoms with van der Waals surface area (Å²) >= 11 is 0. The van der Waals surface area contributed by atoms with Crippen LogP contribution in [0.15, 0.2) is 0 Å². The number of nitrogens with two attached hydrogens (primary N) is 3. The number of aliphatic carboxylic acids is 1. The summed E-state index contributed by atoms with van der Waals surface area (Å²) in [5.74, 6) is -7.05. The van der Waals surface area contributed by atoms with Gasteiger partial charge in [0.15, 0.2) is 24.3 Å². The number of aliphatic hydroxyl groups excluding tert-OH is 4. The number of carboxylic acids is 1. The van der Waals surface area contributed by atoms with Crippen molar-refractivity contribution in [2.75, 3.05) is 13.2 Å². The molecule has 0 bridgehead atoms. The van der Waals surface area contributed by atoms with Gasteiger partial charge in [-0.15, -0.1) is 0 Å². The number of aliphatic hydroxyl groups is 4. The highest BCUT2D eigenvalue weighted by Crippen LogP contribution is 2.27. The van der Waals surface area contributed by atoms with Crippen molar-refractivity contribution in [2.45, 2.75) is 307 Å². The largest absolute Gasteiger partial charge is 0.480 e. The van der Waals surface area contributed by atoms with Crippen LogP contribution in [0, 0.1) is 0 Å². The smallest absolute Gasteiger partial charge is 0.326 e. The highest BCUT2D eigenvalue weighted by Gasteiger charge is 2.49. The zero-order valence-corrected chi connectivity index (χ0v) is 48.4. The van der Waals surface area contributed by atoms with Gasteiger partial charge in [0.1, 0.15) is 42.0 Å². The van der Waals surface area contributed by atoms with Crippen molar-refractivity contribution in [3.05, 3.63) is 0 Å². The van der Waals surface area contributed by atoms with Crippen molar-refractivity contribution in [1.82, 2.24) is 10.2 Å². The Hall–Kier alpha value is -3.83. The van der Waals surface area contributed by atoms with Gasteiger partial charge in [-0.1, -0.05) is 168 Å². The van der Waals surface area contributed by atoms with Crippen LogP contribution in [0.4, 0.5) is 0 Å². The number of amides is 3. The molecule has 1 heterocycles. The molecule has 78 heavy (non-hydrogen) atoms. The summed E-state index contributed by atoms with van der Waals surface area (Å²) < 4.78 is 22.5. The molecular formula is C57H105N5O16. The van der Waals surface area contributed by atoms with Crippen molar-refractivity contribution in [2.24, 2.45) is 17.2 Å². The fourth-order valence-corrected chi connectivity index (χ4v) is 9.99. The number of Topliss-reactive ketones (excluding diaryl/α,β-unsaturated/α-hetero) is 1. The minimum absolute atomic E-state index is 0.00954. The first-order valence-corrected chi connectivity index (χ1v) is 29.6. The second kappa shape index (κ2) is 41.2. The first-order valence-electron chi connectivity index (χ1n) is 29.6. The topological polar surface area (TPSA) is 351 Å². The molecule has 21 nitrogen and oxygen atoms in total. The third-order valence-electron chi connectivity index (χ3n) is 14.9. The zero-order valence-electron chi connectivity index (χ0n) is 48.4. The Bertz CT molecular complexity index is 1720. The summed E-state index contributed by atoms with van der Waals surface area (Å²) in [6.07, 6.45) is 16.2. The number of ketones is 1. The molecule has 3 unspecified atom stereocenters. The number of esters is 2. The Kier molecular flexibility index (Phi) is 38.1. The number of rotatable bonds is 47. The highest BCUT2D eigenvalue weighted by atomic mass is 16.6. The van der Waals surface area contributed by atoms with Crippen LogP contribution >= 0.6 is 0 Å². The minimum Gasteiger partial charge on any atom is -0.480 e. The van der Waals surface area contributed by atoms with Crippen molar-refractivity contribution in [3.63, 3.8) is 0 Å². The number of hydrogen-bond donors (Lipinski definition) is 9. The van der Waals surface area contributed by atoms with Gasteiger partial charge in [-0.3, -0.25) is 28.8 Å². The van der Waals surface area contributed by atoms with Crippen molar-refractivity contribution < 1.29 is 78.0 Å². The summed E-state index contributed by atoms with van der Waals surface area (Å²) in [5, 5.41) is 53.9. The maximum absolute atomic E-state index is 14.2. The van der Waals surface area contributed by atoms with Crippen LogP contribution in [0.5, 0.6) is 0 Å². The number of primary amides is 1. The number of nitrogens with one attached hydrogen (secondary N) is 1. The van der Waals surface area contributed by atoms with Crippen LogP contribution in [0.25, 0.3) is 0 Å². The molecule has 0 aromatic heterocycles. The maximum atomic E-state index is 14.2. The molecule has 12 N–H and O–H groups in total. The summed E-state index contributed by atoms with van der Waals surface area (Å²) in [4.78, 5) is 94.4. The molecule has 454 valence electrons. The Morgan fingerprint density at radius 2 is 1.10 bits per heavy atom. The van der Waals surface area contributed by atoms with Gasteiger partial charge in [-0.2, -0.15) is 0 Å². The predicted molar refractivity (Wildman–Crippen MR) is 295 cm³/mol. The Morgan fingerprint density at radius 1 is 0.679 bits per heavy atom. The number of nitrogens with zero attached hydrogens (tertiary/aromatic N) is 1. The van der Waals surface area contributed by atoms with Gasteiger partial charge in [-0.05, 0) is 47.0 Å². The lowest BCUT2D eigenvalue weighted by atomic mass is 9.89. The fraction of sp³-hybridized carbons (Fsp3) is 0.877. The monoisotopic (exact) mass is 1120 g/mol. The molecule has 0 radical (unpaired) electrons. The zero-order chi connectivity index (χ0) is 58.6. The summed E-state index contributed by atoms with van der Waals surface area (Å²) in [6.45, 7) is 7.45. The number of carbonyl (C=O) groups excluding carboxylic acids is 6. The van der Waals surface area contributed by atoms with Crippen LogP contribution in [-0.2, 0) is 52.5 Å². The minimum atomic E-state index is -2.30. The molecule has 0 aromatic carbocycles. The Balaban J connectivity index is 3.19. The standard InChI is InChI=1S/C57H105N5O16/c1-7-9-11-13-15-17-19-21-23-25-27-29-31-33-46(67)76-44(38-64)52(78-47(68)34-32-30-28-26-24-22-20-18-16-14-12-10-8-2)57(6,60)56(74)61-42(53(59)70)35-36-45(66)62(39(3)54(71)72)49(40(4)65)41(5)75-51-48(58)55(73)77-43(37-63)50(51)69/h39,41-44,48-52,55,63-64,69,73H,7-38,58,60H2,1-6H3,(H2,59,70)(H,61,74)(H,71,72)/t39-,41?,42+,43+,44-,48+,49?,50+,51+,52?,55-,57+/m0/s1. The third kappa shape index (κ3) is 27.6. The van der Waals surface area contributed by atoms with Gasteiger partial charge < -0.3 is 71.9 Å². The molecule has 1 aliphatic heterocycles. The van der Waals surface area contributed by atoms with Gasteiger partial charge >= 0.3 is 17.9 Å². The molecular weight excluding hydrogens is 1010 g/mol. The fourth-order valence-electron chi connectivity index (χ4n) is 9.99. The second-order valence-corrected chi connectivity index (χ2v) is 21.8. The van der Waals surface area contributed by atoms with E-state index in [4.69, 9.17) is 36.1 Å². The van der Waals surface area contributed by atoms with E-state index in [9.17, 15) is 59.1 Å². The van der Waals surface area contributed by atoms with E-state index in [2.05, 4.69) is 19.2 Å². The molecule has 1 rings (SSSR count). The average Bonchev–Trinajstić information content (AvgIpc) is 3.39. The van der Waals surface area contributed by atoms with Crippen molar-refractivity contribution in [3.8, 4) is 0 Å². The molecule has 1 saturated heterocycles. The average molecular weight is 1120 g/mol. The third-order valence-corrected chi connectivity index (χ3v) is 14.9. The normalized spacial score (nSPS) is 20.5. The van der Waals surface area contributed by atoms with Crippen LogP contribution in [0.3, 0.4) is 0 Å². The van der Waals surface area contributed by atoms with Crippen LogP contribution in [0.2, 0.25) is 0 Å². The van der Waals surface area contributed by atoms with E-state index in [1.54, 1.807) is 0 Å². The van der Waals surface area contributed by atoms with Gasteiger partial charge in [0.2, 0.25) is 17.7 Å².